The first-order valence-corrected chi connectivity index (χ1v) is 22.5. The van der Waals surface area contributed by atoms with Crippen LogP contribution >= 0.6 is 28.3 Å². The molecule has 0 spiro atoms. The molecule has 2 saturated heterocycles. The number of rotatable bonds is 13. The van der Waals surface area contributed by atoms with E-state index >= 15 is 0 Å². The molecule has 8 rings (SSSR count). The molecule has 68 heavy (non-hydrogen) atoms. The smallest absolute Gasteiger partial charge is 0.414 e. The first kappa shape index (κ1) is 51.9. The van der Waals surface area contributed by atoms with Crippen LogP contribution in [0.2, 0.25) is 0 Å². The Morgan fingerprint density at radius 2 is 1.25 bits per heavy atom. The molecule has 0 aliphatic carbocycles. The minimum absolute atomic E-state index is 0. The highest BCUT2D eigenvalue weighted by molar-refractivity contribution is 9.09. The van der Waals surface area contributed by atoms with Gasteiger partial charge in [0.1, 0.15) is 59.7 Å². The van der Waals surface area contributed by atoms with Crippen LogP contribution < -0.4 is 25.0 Å². The third-order valence-electron chi connectivity index (χ3n) is 10.7. The number of pyridine rings is 2. The van der Waals surface area contributed by atoms with Crippen molar-refractivity contribution in [2.45, 2.75) is 51.7 Å². The van der Waals surface area contributed by atoms with E-state index in [1.807, 2.05) is 21.9 Å². The van der Waals surface area contributed by atoms with Crippen LogP contribution in [-0.2, 0) is 19.1 Å². The van der Waals surface area contributed by atoms with Crippen LogP contribution in [0.3, 0.4) is 0 Å². The molecule has 20 heteroatoms. The third kappa shape index (κ3) is 14.0. The van der Waals surface area contributed by atoms with Crippen LogP contribution in [0.1, 0.15) is 39.5 Å². The Morgan fingerprint density at radius 1 is 0.750 bits per heavy atom. The van der Waals surface area contributed by atoms with E-state index in [2.05, 4.69) is 53.4 Å². The number of ether oxygens (including phenoxy) is 2. The van der Waals surface area contributed by atoms with E-state index in [1.165, 1.54) is 35.8 Å². The molecule has 2 amide bonds. The lowest BCUT2D eigenvalue weighted by atomic mass is 10.1. The summed E-state index contributed by atoms with van der Waals surface area (Å²) in [5.41, 5.74) is 5.75. The van der Waals surface area contributed by atoms with Crippen LogP contribution in [0.25, 0.3) is 22.3 Å². The average molecular weight is 1020 g/mol. The van der Waals surface area contributed by atoms with Gasteiger partial charge in [-0.25, -0.2) is 28.3 Å². The Balaban J connectivity index is 0.000000233. The Morgan fingerprint density at radius 3 is 1.62 bits per heavy atom. The Kier molecular flexibility index (Phi) is 19.2. The number of terminal acetylenes is 2. The number of carbonyl (C=O) groups excluding carboxylic acids is 4. The van der Waals surface area contributed by atoms with Gasteiger partial charge in [-0.1, -0.05) is 27.8 Å². The molecule has 4 aliphatic heterocycles. The summed E-state index contributed by atoms with van der Waals surface area (Å²) < 4.78 is 40.4. The second-order valence-electron chi connectivity index (χ2n) is 15.6. The van der Waals surface area contributed by atoms with Gasteiger partial charge < -0.3 is 34.3 Å². The van der Waals surface area contributed by atoms with Crippen molar-refractivity contribution in [3.63, 3.8) is 0 Å². The van der Waals surface area contributed by atoms with Gasteiger partial charge in [0.25, 0.3) is 0 Å². The number of benzene rings is 2. The number of Topliss-reactive ketones (excluding diaryl/α,β-unsaturated/α-hetero) is 2. The highest BCUT2D eigenvalue weighted by Crippen LogP contribution is 2.32. The number of nitrogens with one attached hydrogen (secondary N) is 1. The maximum Gasteiger partial charge on any atom is 0.414 e. The molecule has 0 radical (unpaired) electrons. The summed E-state index contributed by atoms with van der Waals surface area (Å²) in [6, 6.07) is 16.5. The van der Waals surface area contributed by atoms with E-state index in [9.17, 15) is 28.0 Å². The SMILES string of the molecule is C#CCBr.C#CCN1CCN(c2ccc(-c3ccc(N4C[C@H](CCC(C)=O)OC4=O)cc3F)cn2)C=N1.CC(=O)CC[C@H]1CN(c2ccc(-c3ccc(N4C=NNCC4)nc3)c(F)c2)C(=O)O1.Cl. The maximum atomic E-state index is 14.9. The third-order valence-corrected chi connectivity index (χ3v) is 11.0. The van der Waals surface area contributed by atoms with Crippen LogP contribution in [0, 0.1) is 36.3 Å². The second-order valence-corrected chi connectivity index (χ2v) is 16.1. The number of amides is 2. The van der Waals surface area contributed by atoms with E-state index in [0.29, 0.717) is 96.6 Å². The number of hydrogen-bond donors (Lipinski definition) is 1. The molecule has 2 fully saturated rings. The Bertz CT molecular complexity index is 2560. The number of carbonyl (C=O) groups is 4. The molecule has 16 nitrogen and oxygen atoms in total. The van der Waals surface area contributed by atoms with Crippen molar-refractivity contribution < 1.29 is 37.4 Å². The van der Waals surface area contributed by atoms with Crippen LogP contribution in [0.4, 0.5) is 41.4 Å². The van der Waals surface area contributed by atoms with Gasteiger partial charge >= 0.3 is 12.2 Å². The predicted molar refractivity (Wildman–Crippen MR) is 264 cm³/mol. The lowest BCUT2D eigenvalue weighted by Crippen LogP contribution is -2.38. The zero-order valence-corrected chi connectivity index (χ0v) is 39.8. The van der Waals surface area contributed by atoms with E-state index in [0.717, 1.165) is 18.9 Å². The second kappa shape index (κ2) is 25.2. The molecule has 2 aromatic heterocycles. The highest BCUT2D eigenvalue weighted by atomic mass is 79.9. The summed E-state index contributed by atoms with van der Waals surface area (Å²) in [6.07, 6.45) is 16.4. The number of ketones is 2. The van der Waals surface area contributed by atoms with Gasteiger partial charge in [-0.05, 0) is 87.4 Å². The van der Waals surface area contributed by atoms with Gasteiger partial charge in [-0.3, -0.25) is 14.8 Å². The van der Waals surface area contributed by atoms with Gasteiger partial charge in [0.2, 0.25) is 0 Å². The van der Waals surface area contributed by atoms with Gasteiger partial charge in [-0.15, -0.1) is 25.3 Å². The minimum Gasteiger partial charge on any atom is -0.444 e. The van der Waals surface area contributed by atoms with Crippen LogP contribution in [0.5, 0.6) is 0 Å². The zero-order valence-electron chi connectivity index (χ0n) is 37.4. The normalized spacial score (nSPS) is 17.0. The minimum atomic E-state index is -0.536. The number of nitrogens with zero attached hydrogens (tertiary/aromatic N) is 9. The summed E-state index contributed by atoms with van der Waals surface area (Å²) in [6.45, 7) is 6.91. The molecule has 0 unspecified atom stereocenters. The number of aromatic nitrogens is 2. The molecule has 6 heterocycles. The Hall–Kier alpha value is -7.09. The van der Waals surface area contributed by atoms with Crippen molar-refractivity contribution in [1.82, 2.24) is 20.4 Å². The topological polar surface area (TPSA) is 165 Å². The summed E-state index contributed by atoms with van der Waals surface area (Å²) >= 11 is 3.01. The number of cyclic esters (lactones) is 2. The molecule has 2 aromatic carbocycles. The summed E-state index contributed by atoms with van der Waals surface area (Å²) in [5.74, 6) is 5.51. The van der Waals surface area contributed by atoms with Gasteiger partial charge in [0.15, 0.2) is 0 Å². The summed E-state index contributed by atoms with van der Waals surface area (Å²) in [4.78, 5) is 62.1. The fourth-order valence-electron chi connectivity index (χ4n) is 7.19. The van der Waals surface area contributed by atoms with Gasteiger partial charge in [0, 0.05) is 60.6 Å². The largest absolute Gasteiger partial charge is 0.444 e. The van der Waals surface area contributed by atoms with Gasteiger partial charge in [-0.2, -0.15) is 10.2 Å². The number of anilines is 4. The van der Waals surface area contributed by atoms with E-state index in [-0.39, 0.29) is 42.7 Å². The molecular weight excluding hydrogens is 966 g/mol. The standard InChI is InChI=1S/C24H24FN5O3.C21H22FN5O3.C3H3Br.ClH/c1-3-10-29-12-11-28(16-27-29)23-9-5-18(14-26-23)21-8-6-19(13-22(21)25)30-15-20(33-24(30)32)7-4-17(2)31;1-14(28)2-5-17-12-27(21(29)30-17)16-4-6-18(19(22)10-16)15-3-7-20(23-11-15)26-9-8-24-25-13-26;1-2-3-4;/h1,5-6,8-9,13-14,16,20H,4,7,10-12,15H2,2H3;3-4,6-7,10-11,13,17,24H,2,5,8-9,12H2,1H3;1H,3H2;1H/t20-;17-;;/m00../s1. The van der Waals surface area contributed by atoms with Crippen molar-refractivity contribution in [3.8, 4) is 46.9 Å². The quantitative estimate of drug-likeness (QED) is 0.103. The lowest BCUT2D eigenvalue weighted by Gasteiger charge is -2.28. The summed E-state index contributed by atoms with van der Waals surface area (Å²) in [5, 5.41) is 10.7. The first-order chi connectivity index (χ1) is 32.4. The number of hydrazone groups is 2. The molecule has 0 bridgehead atoms. The highest BCUT2D eigenvalue weighted by Gasteiger charge is 2.34. The lowest BCUT2D eigenvalue weighted by molar-refractivity contribution is -0.118. The predicted octanol–water partition coefficient (Wildman–Crippen LogP) is 7.65. The molecule has 356 valence electrons. The summed E-state index contributed by atoms with van der Waals surface area (Å²) in [7, 11) is 0. The van der Waals surface area contributed by atoms with Crippen molar-refractivity contribution in [3.05, 3.63) is 84.7 Å². The average Bonchev–Trinajstić information content (AvgIpc) is 3.92. The zero-order chi connectivity index (χ0) is 47.9. The molecule has 1 N–H and O–H groups in total. The van der Waals surface area contributed by atoms with Crippen LogP contribution in [-0.4, -0.2) is 115 Å². The van der Waals surface area contributed by atoms with Crippen molar-refractivity contribution in [2.75, 3.05) is 70.7 Å². The molecule has 2 atom stereocenters. The molecule has 4 aliphatic rings. The van der Waals surface area contributed by atoms with Crippen molar-refractivity contribution in [2.24, 2.45) is 10.2 Å². The first-order valence-electron chi connectivity index (χ1n) is 21.4. The number of hydrogen-bond acceptors (Lipinski definition) is 14. The maximum absolute atomic E-state index is 14.9. The van der Waals surface area contributed by atoms with Crippen molar-refractivity contribution >= 4 is 87.8 Å². The molecule has 0 saturated carbocycles. The Labute approximate surface area is 408 Å². The van der Waals surface area contributed by atoms with Gasteiger partial charge in [0.05, 0.1) is 49.4 Å². The molecular formula is C48H50BrClF2N10O6. The monoisotopic (exact) mass is 1010 g/mol. The fourth-order valence-corrected chi connectivity index (χ4v) is 7.19. The van der Waals surface area contributed by atoms with E-state index < -0.39 is 23.8 Å². The van der Waals surface area contributed by atoms with Crippen molar-refractivity contribution in [1.29, 1.82) is 0 Å². The number of halogens is 4. The molecule has 4 aromatic rings. The van der Waals surface area contributed by atoms with Crippen LogP contribution in [0.15, 0.2) is 83.3 Å². The number of alkyl halides is 1. The van der Waals surface area contributed by atoms with E-state index in [1.54, 1.807) is 66.5 Å². The fraction of sp³-hybridized carbons (Fsp3) is 0.333. The van der Waals surface area contributed by atoms with E-state index in [4.69, 9.17) is 22.3 Å².